The first kappa shape index (κ1) is 21.0. The van der Waals surface area contributed by atoms with Crippen LogP contribution < -0.4 is 5.32 Å². The van der Waals surface area contributed by atoms with Gasteiger partial charge in [-0.05, 0) is 47.5 Å². The lowest BCUT2D eigenvalue weighted by atomic mass is 10.2. The van der Waals surface area contributed by atoms with Gasteiger partial charge in [-0.2, -0.15) is 0 Å². The number of halogens is 2. The number of benzene rings is 2. The maximum atomic E-state index is 13.1. The molecule has 0 unspecified atom stereocenters. The quantitative estimate of drug-likeness (QED) is 0.564. The Balaban J connectivity index is 2.00. The van der Waals surface area contributed by atoms with Crippen molar-refractivity contribution in [2.75, 3.05) is 0 Å². The van der Waals surface area contributed by atoms with E-state index in [1.807, 2.05) is 0 Å². The van der Waals surface area contributed by atoms with Crippen molar-refractivity contribution in [3.05, 3.63) is 99.1 Å². The number of carbonyl (C=O) groups excluding carboxylic acids is 1. The summed E-state index contributed by atoms with van der Waals surface area (Å²) in [4.78, 5) is 16.5. The second-order valence-corrected chi connectivity index (χ2v) is 8.78. The summed E-state index contributed by atoms with van der Waals surface area (Å²) in [5.74, 6) is -0.733. The van der Waals surface area contributed by atoms with Crippen molar-refractivity contribution in [3.63, 3.8) is 0 Å². The third-order valence-corrected chi connectivity index (χ3v) is 6.50. The van der Waals surface area contributed by atoms with Gasteiger partial charge in [0, 0.05) is 18.9 Å². The van der Waals surface area contributed by atoms with Crippen molar-refractivity contribution < 1.29 is 13.2 Å². The Morgan fingerprint density at radius 3 is 2.41 bits per heavy atom. The predicted octanol–water partition coefficient (Wildman–Crippen LogP) is 4.52. The van der Waals surface area contributed by atoms with Crippen LogP contribution in [0.3, 0.4) is 0 Å². The number of aromatic nitrogens is 1. The summed E-state index contributed by atoms with van der Waals surface area (Å²) in [5, 5.41) is 3.22. The molecule has 0 saturated carbocycles. The van der Waals surface area contributed by atoms with Crippen LogP contribution in [0.25, 0.3) is 6.08 Å². The Morgan fingerprint density at radius 2 is 1.76 bits per heavy atom. The Labute approximate surface area is 178 Å². The molecule has 0 fully saturated rings. The van der Waals surface area contributed by atoms with E-state index in [1.54, 1.807) is 48.8 Å². The molecule has 0 saturated heterocycles. The largest absolute Gasteiger partial charge is 0.347 e. The van der Waals surface area contributed by atoms with Crippen LogP contribution in [-0.4, -0.2) is 19.3 Å². The number of hydrogen-bond acceptors (Lipinski definition) is 4. The number of carbonyl (C=O) groups is 1. The van der Waals surface area contributed by atoms with E-state index in [0.717, 1.165) is 5.56 Å². The molecule has 1 aromatic heterocycles. The molecular weight excluding hydrogens is 431 g/mol. The summed E-state index contributed by atoms with van der Waals surface area (Å²) in [7, 11) is -4.07. The van der Waals surface area contributed by atoms with Gasteiger partial charge in [-0.25, -0.2) is 8.42 Å². The third-order valence-electron chi connectivity index (χ3n) is 3.98. The highest BCUT2D eigenvalue weighted by atomic mass is 35.5. The molecule has 0 atom stereocenters. The first-order valence-corrected chi connectivity index (χ1v) is 10.8. The van der Waals surface area contributed by atoms with Gasteiger partial charge in [0.15, 0.2) is 0 Å². The molecule has 1 amide bonds. The van der Waals surface area contributed by atoms with Crippen LogP contribution in [0, 0.1) is 0 Å². The van der Waals surface area contributed by atoms with Gasteiger partial charge < -0.3 is 5.32 Å². The lowest BCUT2D eigenvalue weighted by Gasteiger charge is -2.11. The standard InChI is InChI=1S/C21H16Cl2N2O3S/c22-18-9-8-15(11-19(18)23)12-20(29(27,28)17-6-2-1-3-7-17)21(26)25-14-16-5-4-10-24-13-16/h1-13H,14H2,(H,25,26). The third kappa shape index (κ3) is 5.23. The monoisotopic (exact) mass is 446 g/mol. The fraction of sp³-hybridized carbons (Fsp3) is 0.0476. The van der Waals surface area contributed by atoms with E-state index >= 15 is 0 Å². The van der Waals surface area contributed by atoms with Crippen LogP contribution in [0.15, 0.2) is 82.9 Å². The van der Waals surface area contributed by atoms with Crippen LogP contribution >= 0.6 is 23.2 Å². The molecule has 0 aliphatic carbocycles. The predicted molar refractivity (Wildman–Crippen MR) is 114 cm³/mol. The van der Waals surface area contributed by atoms with E-state index in [4.69, 9.17) is 23.2 Å². The second-order valence-electron chi connectivity index (χ2n) is 6.04. The van der Waals surface area contributed by atoms with Gasteiger partial charge in [-0.3, -0.25) is 9.78 Å². The van der Waals surface area contributed by atoms with E-state index in [9.17, 15) is 13.2 Å². The molecule has 148 valence electrons. The molecular formula is C21H16Cl2N2O3S. The molecule has 0 aliphatic heterocycles. The van der Waals surface area contributed by atoms with Gasteiger partial charge in [0.2, 0.25) is 9.84 Å². The minimum absolute atomic E-state index is 0.0165. The number of nitrogens with one attached hydrogen (secondary N) is 1. The van der Waals surface area contributed by atoms with Gasteiger partial charge in [0.05, 0.1) is 14.9 Å². The maximum Gasteiger partial charge on any atom is 0.263 e. The van der Waals surface area contributed by atoms with E-state index in [-0.39, 0.29) is 16.5 Å². The Hall–Kier alpha value is -2.67. The lowest BCUT2D eigenvalue weighted by molar-refractivity contribution is -0.116. The van der Waals surface area contributed by atoms with E-state index in [2.05, 4.69) is 10.3 Å². The van der Waals surface area contributed by atoms with Gasteiger partial charge in [-0.15, -0.1) is 0 Å². The summed E-state index contributed by atoms with van der Waals surface area (Å²) < 4.78 is 26.3. The molecule has 8 heteroatoms. The fourth-order valence-corrected chi connectivity index (χ4v) is 4.20. The van der Waals surface area contributed by atoms with Crippen LogP contribution in [0.4, 0.5) is 0 Å². The summed E-state index contributed by atoms with van der Waals surface area (Å²) in [6.45, 7) is 0.135. The molecule has 0 spiro atoms. The van der Waals surface area contributed by atoms with Crippen molar-refractivity contribution in [2.45, 2.75) is 11.4 Å². The molecule has 1 heterocycles. The summed E-state index contributed by atoms with van der Waals surface area (Å²) >= 11 is 12.0. The molecule has 0 bridgehead atoms. The summed E-state index contributed by atoms with van der Waals surface area (Å²) in [6.07, 6.45) is 4.48. The minimum atomic E-state index is -4.07. The molecule has 29 heavy (non-hydrogen) atoms. The maximum absolute atomic E-state index is 13.1. The summed E-state index contributed by atoms with van der Waals surface area (Å²) in [6, 6.07) is 15.9. The Morgan fingerprint density at radius 1 is 1.00 bits per heavy atom. The first-order valence-electron chi connectivity index (χ1n) is 8.52. The Kier molecular flexibility index (Phi) is 6.69. The molecule has 5 nitrogen and oxygen atoms in total. The number of rotatable bonds is 6. The van der Waals surface area contributed by atoms with Gasteiger partial charge >= 0.3 is 0 Å². The number of hydrogen-bond donors (Lipinski definition) is 1. The second kappa shape index (κ2) is 9.22. The van der Waals surface area contributed by atoms with Crippen LogP contribution in [-0.2, 0) is 21.2 Å². The number of pyridine rings is 1. The average molecular weight is 447 g/mol. The first-order chi connectivity index (χ1) is 13.9. The van der Waals surface area contributed by atoms with Crippen LogP contribution in [0.2, 0.25) is 10.0 Å². The summed E-state index contributed by atoms with van der Waals surface area (Å²) in [5.41, 5.74) is 1.18. The molecule has 0 aliphatic rings. The SMILES string of the molecule is O=C(NCc1cccnc1)C(=Cc1ccc(Cl)c(Cl)c1)S(=O)(=O)c1ccccc1. The highest BCUT2D eigenvalue weighted by Crippen LogP contribution is 2.26. The fourth-order valence-electron chi connectivity index (χ4n) is 2.52. The van der Waals surface area contributed by atoms with Crippen molar-refractivity contribution in [1.29, 1.82) is 0 Å². The lowest BCUT2D eigenvalue weighted by Crippen LogP contribution is -2.28. The van der Waals surface area contributed by atoms with E-state index < -0.39 is 20.6 Å². The zero-order chi connectivity index (χ0) is 20.9. The van der Waals surface area contributed by atoms with Gasteiger partial charge in [0.25, 0.3) is 5.91 Å². The Bertz CT molecular complexity index is 1150. The highest BCUT2D eigenvalue weighted by molar-refractivity contribution is 7.96. The van der Waals surface area contributed by atoms with Gasteiger partial charge in [0.1, 0.15) is 4.91 Å². The van der Waals surface area contributed by atoms with Crippen molar-refractivity contribution in [3.8, 4) is 0 Å². The zero-order valence-corrected chi connectivity index (χ0v) is 17.4. The van der Waals surface area contributed by atoms with E-state index in [0.29, 0.717) is 10.6 Å². The molecule has 1 N–H and O–H groups in total. The van der Waals surface area contributed by atoms with Crippen molar-refractivity contribution >= 4 is 45.0 Å². The highest BCUT2D eigenvalue weighted by Gasteiger charge is 2.27. The average Bonchev–Trinajstić information content (AvgIpc) is 2.74. The number of sulfone groups is 1. The molecule has 2 aromatic carbocycles. The number of nitrogens with zero attached hydrogens (tertiary/aromatic N) is 1. The smallest absolute Gasteiger partial charge is 0.263 e. The van der Waals surface area contributed by atoms with Crippen LogP contribution in [0.1, 0.15) is 11.1 Å². The minimum Gasteiger partial charge on any atom is -0.347 e. The molecule has 3 rings (SSSR count). The number of amides is 1. The molecule has 3 aromatic rings. The van der Waals surface area contributed by atoms with E-state index in [1.165, 1.54) is 30.3 Å². The van der Waals surface area contributed by atoms with Gasteiger partial charge in [-0.1, -0.05) is 53.5 Å². The van der Waals surface area contributed by atoms with Crippen LogP contribution in [0.5, 0.6) is 0 Å². The van der Waals surface area contributed by atoms with Crippen molar-refractivity contribution in [1.82, 2.24) is 10.3 Å². The van der Waals surface area contributed by atoms with Crippen molar-refractivity contribution in [2.24, 2.45) is 0 Å². The molecule has 0 radical (unpaired) electrons. The normalized spacial score (nSPS) is 11.9. The zero-order valence-electron chi connectivity index (χ0n) is 15.0. The topological polar surface area (TPSA) is 76.1 Å².